The normalized spacial score (nSPS) is 17.4. The fraction of sp³-hybridized carbons (Fsp3) is 0.706. The van der Waals surface area contributed by atoms with Crippen molar-refractivity contribution in [2.24, 2.45) is 5.92 Å². The number of carbonyl (C=O) groups excluding carboxylic acids is 1. The van der Waals surface area contributed by atoms with Gasteiger partial charge in [-0.1, -0.05) is 19.3 Å². The number of furan rings is 1. The largest absolute Gasteiger partial charge is 0.465 e. The zero-order chi connectivity index (χ0) is 15.9. The van der Waals surface area contributed by atoms with Gasteiger partial charge in [-0.3, -0.25) is 0 Å². The van der Waals surface area contributed by atoms with Crippen LogP contribution >= 0.6 is 0 Å². The number of aliphatic hydroxyl groups is 1. The third-order valence-corrected chi connectivity index (χ3v) is 4.57. The molecule has 0 bridgehead atoms. The number of ether oxygens (including phenoxy) is 1. The molecule has 0 amide bonds. The first kappa shape index (κ1) is 17.0. The fourth-order valence-corrected chi connectivity index (χ4v) is 3.36. The maximum absolute atomic E-state index is 11.6. The summed E-state index contributed by atoms with van der Waals surface area (Å²) in [7, 11) is 1.37. The summed E-state index contributed by atoms with van der Waals surface area (Å²) in [6.45, 7) is 2.53. The molecule has 5 heteroatoms. The average Bonchev–Trinajstić information content (AvgIpc) is 2.92. The van der Waals surface area contributed by atoms with Gasteiger partial charge in [0, 0.05) is 12.6 Å². The van der Waals surface area contributed by atoms with Crippen LogP contribution in [0.15, 0.2) is 10.5 Å². The molecule has 2 rings (SSSR count). The maximum atomic E-state index is 11.6. The van der Waals surface area contributed by atoms with E-state index in [0.717, 1.165) is 12.2 Å². The Morgan fingerprint density at radius 1 is 1.45 bits per heavy atom. The van der Waals surface area contributed by atoms with Crippen molar-refractivity contribution in [1.29, 1.82) is 0 Å². The highest BCUT2D eigenvalue weighted by molar-refractivity contribution is 5.90. The van der Waals surface area contributed by atoms with Gasteiger partial charge in [0.2, 0.25) is 0 Å². The van der Waals surface area contributed by atoms with E-state index in [-0.39, 0.29) is 12.6 Å². The van der Waals surface area contributed by atoms with E-state index >= 15 is 0 Å². The van der Waals surface area contributed by atoms with E-state index in [1.54, 1.807) is 13.0 Å². The van der Waals surface area contributed by atoms with Crippen LogP contribution in [0.4, 0.5) is 0 Å². The molecule has 1 aromatic heterocycles. The summed E-state index contributed by atoms with van der Waals surface area (Å²) in [6.07, 6.45) is 7.09. The van der Waals surface area contributed by atoms with E-state index in [1.807, 2.05) is 0 Å². The predicted octanol–water partition coefficient (Wildman–Crippen LogP) is 2.80. The van der Waals surface area contributed by atoms with Gasteiger partial charge in [0.1, 0.15) is 17.1 Å². The van der Waals surface area contributed by atoms with Gasteiger partial charge in [0.25, 0.3) is 0 Å². The van der Waals surface area contributed by atoms with Crippen molar-refractivity contribution < 1.29 is 19.1 Å². The first-order valence-corrected chi connectivity index (χ1v) is 8.17. The Hall–Kier alpha value is -1.33. The molecule has 1 aliphatic carbocycles. The minimum absolute atomic E-state index is 0.193. The van der Waals surface area contributed by atoms with E-state index in [1.165, 1.54) is 39.2 Å². The molecule has 1 aromatic rings. The number of aryl methyl sites for hydroxylation is 1. The molecule has 1 fully saturated rings. The molecule has 5 nitrogen and oxygen atoms in total. The van der Waals surface area contributed by atoms with E-state index in [4.69, 9.17) is 9.15 Å². The van der Waals surface area contributed by atoms with E-state index in [9.17, 15) is 9.90 Å². The van der Waals surface area contributed by atoms with Crippen LogP contribution in [0.3, 0.4) is 0 Å². The Labute approximate surface area is 132 Å². The van der Waals surface area contributed by atoms with Gasteiger partial charge in [-0.2, -0.15) is 0 Å². The fourth-order valence-electron chi connectivity index (χ4n) is 3.36. The highest BCUT2D eigenvalue weighted by Gasteiger charge is 2.23. The number of carbonyl (C=O) groups is 1. The van der Waals surface area contributed by atoms with Crippen LogP contribution in [0.2, 0.25) is 0 Å². The number of aliphatic hydroxyl groups excluding tert-OH is 1. The van der Waals surface area contributed by atoms with E-state index < -0.39 is 0 Å². The van der Waals surface area contributed by atoms with Gasteiger partial charge < -0.3 is 19.6 Å². The van der Waals surface area contributed by atoms with E-state index in [0.29, 0.717) is 29.8 Å². The van der Waals surface area contributed by atoms with Crippen LogP contribution in [0.25, 0.3) is 0 Å². The van der Waals surface area contributed by atoms with Crippen LogP contribution in [0.1, 0.15) is 60.4 Å². The molecule has 1 heterocycles. The topological polar surface area (TPSA) is 71.7 Å². The Bertz CT molecular complexity index is 477. The van der Waals surface area contributed by atoms with Crippen LogP contribution in [-0.4, -0.2) is 30.8 Å². The van der Waals surface area contributed by atoms with Crippen molar-refractivity contribution in [2.45, 2.75) is 58.0 Å². The smallest absolute Gasteiger partial charge is 0.341 e. The maximum Gasteiger partial charge on any atom is 0.341 e. The molecule has 1 aliphatic rings. The summed E-state index contributed by atoms with van der Waals surface area (Å²) >= 11 is 0. The highest BCUT2D eigenvalue weighted by Crippen LogP contribution is 2.28. The Morgan fingerprint density at radius 3 is 2.82 bits per heavy atom. The Balaban J connectivity index is 1.95. The molecular formula is C17H27NO4. The molecule has 1 atom stereocenters. The number of nitrogens with one attached hydrogen (secondary N) is 1. The second kappa shape index (κ2) is 8.34. The number of esters is 1. The summed E-state index contributed by atoms with van der Waals surface area (Å²) in [6, 6.07) is 2.04. The van der Waals surface area contributed by atoms with Crippen molar-refractivity contribution >= 4 is 5.97 Å². The van der Waals surface area contributed by atoms with Crippen molar-refractivity contribution in [3.63, 3.8) is 0 Å². The van der Waals surface area contributed by atoms with Crippen molar-refractivity contribution in [1.82, 2.24) is 5.32 Å². The lowest BCUT2D eigenvalue weighted by Crippen LogP contribution is -2.37. The SMILES string of the molecule is COC(=O)c1cc(CNC(CCO)C2CCCCC2)oc1C. The van der Waals surface area contributed by atoms with Gasteiger partial charge in [0.05, 0.1) is 13.7 Å². The third-order valence-electron chi connectivity index (χ3n) is 4.57. The molecule has 0 radical (unpaired) electrons. The number of methoxy groups -OCH3 is 1. The molecule has 0 saturated heterocycles. The minimum atomic E-state index is -0.369. The zero-order valence-electron chi connectivity index (χ0n) is 13.6. The summed E-state index contributed by atoms with van der Waals surface area (Å²) in [4.78, 5) is 11.6. The molecule has 22 heavy (non-hydrogen) atoms. The lowest BCUT2D eigenvalue weighted by Gasteiger charge is -2.30. The quantitative estimate of drug-likeness (QED) is 0.758. The monoisotopic (exact) mass is 309 g/mol. The predicted molar refractivity (Wildman–Crippen MR) is 83.7 cm³/mol. The number of rotatable bonds is 7. The van der Waals surface area contributed by atoms with Crippen LogP contribution in [0, 0.1) is 12.8 Å². The average molecular weight is 309 g/mol. The lowest BCUT2D eigenvalue weighted by atomic mass is 9.83. The summed E-state index contributed by atoms with van der Waals surface area (Å²) in [5.74, 6) is 1.57. The second-order valence-electron chi connectivity index (χ2n) is 6.07. The van der Waals surface area contributed by atoms with Gasteiger partial charge >= 0.3 is 5.97 Å². The standard InChI is InChI=1S/C17H27NO4/c1-12-15(17(20)21-2)10-14(22-12)11-18-16(8-9-19)13-6-4-3-5-7-13/h10,13,16,18-19H,3-9,11H2,1-2H3. The third kappa shape index (κ3) is 4.34. The van der Waals surface area contributed by atoms with Gasteiger partial charge in [-0.15, -0.1) is 0 Å². The zero-order valence-corrected chi connectivity index (χ0v) is 13.6. The highest BCUT2D eigenvalue weighted by atomic mass is 16.5. The van der Waals surface area contributed by atoms with Crippen LogP contribution < -0.4 is 5.32 Å². The second-order valence-corrected chi connectivity index (χ2v) is 6.07. The van der Waals surface area contributed by atoms with Crippen LogP contribution in [0.5, 0.6) is 0 Å². The number of hydrogen-bond acceptors (Lipinski definition) is 5. The van der Waals surface area contributed by atoms with Crippen molar-refractivity contribution in [3.8, 4) is 0 Å². The molecule has 1 saturated carbocycles. The summed E-state index contributed by atoms with van der Waals surface area (Å²) in [5.41, 5.74) is 0.482. The summed E-state index contributed by atoms with van der Waals surface area (Å²) < 4.78 is 10.4. The Morgan fingerprint density at radius 2 is 2.18 bits per heavy atom. The summed E-state index contributed by atoms with van der Waals surface area (Å²) in [5, 5.41) is 12.8. The Kier molecular flexibility index (Phi) is 6.46. The van der Waals surface area contributed by atoms with Gasteiger partial charge in [-0.25, -0.2) is 4.79 Å². The van der Waals surface area contributed by atoms with Crippen molar-refractivity contribution in [2.75, 3.05) is 13.7 Å². The molecule has 2 N–H and O–H groups in total. The van der Waals surface area contributed by atoms with Crippen molar-refractivity contribution in [3.05, 3.63) is 23.2 Å². The first-order valence-electron chi connectivity index (χ1n) is 8.17. The minimum Gasteiger partial charge on any atom is -0.465 e. The molecule has 124 valence electrons. The molecule has 0 spiro atoms. The molecule has 0 aliphatic heterocycles. The van der Waals surface area contributed by atoms with Gasteiger partial charge in [0.15, 0.2) is 0 Å². The molecular weight excluding hydrogens is 282 g/mol. The van der Waals surface area contributed by atoms with Crippen LogP contribution in [-0.2, 0) is 11.3 Å². The number of hydrogen-bond donors (Lipinski definition) is 2. The molecule has 0 aromatic carbocycles. The lowest BCUT2D eigenvalue weighted by molar-refractivity contribution is 0.0599. The van der Waals surface area contributed by atoms with Gasteiger partial charge in [-0.05, 0) is 38.2 Å². The first-order chi connectivity index (χ1) is 10.7. The molecule has 1 unspecified atom stereocenters. The van der Waals surface area contributed by atoms with E-state index in [2.05, 4.69) is 5.32 Å².